The fraction of sp³-hybridized carbons (Fsp3) is 1.00. The second-order valence-corrected chi connectivity index (χ2v) is 6.96. The highest BCUT2D eigenvalue weighted by molar-refractivity contribution is 4.95. The standard InChI is InChI=1S/C16H30N2O2/c1-13(17-2)14-4-3-7-18(11-14)15-5-8-20-16(10-15)6-9-19-12-16/h13-15,17H,3-12H2,1-2H3. The van der Waals surface area contributed by atoms with Gasteiger partial charge in [0.25, 0.3) is 0 Å². The molecule has 4 atom stereocenters. The third kappa shape index (κ3) is 3.03. The van der Waals surface area contributed by atoms with Crippen molar-refractivity contribution in [3.63, 3.8) is 0 Å². The van der Waals surface area contributed by atoms with Gasteiger partial charge in [0.2, 0.25) is 0 Å². The smallest absolute Gasteiger partial charge is 0.0951 e. The third-order valence-electron chi connectivity index (χ3n) is 5.70. The number of nitrogens with zero attached hydrogens (tertiary/aromatic N) is 1. The van der Waals surface area contributed by atoms with Gasteiger partial charge >= 0.3 is 0 Å². The molecule has 3 aliphatic rings. The van der Waals surface area contributed by atoms with Crippen molar-refractivity contribution in [2.24, 2.45) is 5.92 Å². The molecule has 3 fully saturated rings. The highest BCUT2D eigenvalue weighted by Crippen LogP contribution is 2.36. The quantitative estimate of drug-likeness (QED) is 0.853. The van der Waals surface area contributed by atoms with E-state index in [1.54, 1.807) is 0 Å². The van der Waals surface area contributed by atoms with Crippen LogP contribution in [0, 0.1) is 5.92 Å². The van der Waals surface area contributed by atoms with Gasteiger partial charge in [0.15, 0.2) is 0 Å². The van der Waals surface area contributed by atoms with Gasteiger partial charge in [-0.05, 0) is 52.1 Å². The molecule has 0 bridgehead atoms. The zero-order valence-electron chi connectivity index (χ0n) is 13.1. The molecule has 3 aliphatic heterocycles. The Morgan fingerprint density at radius 3 is 2.95 bits per heavy atom. The molecule has 0 aromatic rings. The van der Waals surface area contributed by atoms with Crippen molar-refractivity contribution in [3.8, 4) is 0 Å². The molecular weight excluding hydrogens is 252 g/mol. The van der Waals surface area contributed by atoms with Crippen molar-refractivity contribution in [1.29, 1.82) is 0 Å². The Hall–Kier alpha value is -0.160. The summed E-state index contributed by atoms with van der Waals surface area (Å²) >= 11 is 0. The summed E-state index contributed by atoms with van der Waals surface area (Å²) in [5.74, 6) is 0.798. The Morgan fingerprint density at radius 2 is 2.20 bits per heavy atom. The predicted octanol–water partition coefficient (Wildman–Crippen LogP) is 1.64. The van der Waals surface area contributed by atoms with E-state index in [1.807, 2.05) is 0 Å². The second kappa shape index (κ2) is 6.30. The van der Waals surface area contributed by atoms with E-state index in [0.717, 1.165) is 32.2 Å². The van der Waals surface area contributed by atoms with Crippen molar-refractivity contribution in [2.75, 3.05) is 40.0 Å². The van der Waals surface area contributed by atoms with Crippen molar-refractivity contribution in [2.45, 2.75) is 56.7 Å². The van der Waals surface area contributed by atoms with Crippen molar-refractivity contribution in [3.05, 3.63) is 0 Å². The molecule has 0 amide bonds. The Morgan fingerprint density at radius 1 is 1.30 bits per heavy atom. The first kappa shape index (κ1) is 14.8. The first-order valence-corrected chi connectivity index (χ1v) is 8.35. The van der Waals surface area contributed by atoms with Gasteiger partial charge in [0.05, 0.1) is 12.2 Å². The number of rotatable bonds is 3. The largest absolute Gasteiger partial charge is 0.378 e. The van der Waals surface area contributed by atoms with Gasteiger partial charge in [-0.3, -0.25) is 4.90 Å². The molecule has 20 heavy (non-hydrogen) atoms. The molecule has 0 aliphatic carbocycles. The predicted molar refractivity (Wildman–Crippen MR) is 80.0 cm³/mol. The van der Waals surface area contributed by atoms with Crippen LogP contribution >= 0.6 is 0 Å². The minimum atomic E-state index is 0.0461. The van der Waals surface area contributed by atoms with Gasteiger partial charge in [-0.15, -0.1) is 0 Å². The molecule has 0 saturated carbocycles. The van der Waals surface area contributed by atoms with Gasteiger partial charge in [0.1, 0.15) is 0 Å². The van der Waals surface area contributed by atoms with Crippen LogP contribution in [0.5, 0.6) is 0 Å². The number of ether oxygens (including phenoxy) is 2. The van der Waals surface area contributed by atoms with E-state index in [0.29, 0.717) is 12.1 Å². The lowest BCUT2D eigenvalue weighted by Crippen LogP contribution is -2.53. The van der Waals surface area contributed by atoms with Crippen LogP contribution in [0.1, 0.15) is 39.0 Å². The monoisotopic (exact) mass is 282 g/mol. The number of hydrogen-bond acceptors (Lipinski definition) is 4. The molecule has 3 saturated heterocycles. The Labute approximate surface area is 123 Å². The van der Waals surface area contributed by atoms with E-state index in [2.05, 4.69) is 24.2 Å². The summed E-state index contributed by atoms with van der Waals surface area (Å²) in [5, 5.41) is 3.44. The van der Waals surface area contributed by atoms with Crippen LogP contribution in [-0.4, -0.2) is 62.5 Å². The van der Waals surface area contributed by atoms with Crippen LogP contribution < -0.4 is 5.32 Å². The van der Waals surface area contributed by atoms with Crippen LogP contribution in [-0.2, 0) is 9.47 Å². The normalized spacial score (nSPS) is 41.1. The molecule has 4 heteroatoms. The molecule has 1 N–H and O–H groups in total. The number of nitrogens with one attached hydrogen (secondary N) is 1. The van der Waals surface area contributed by atoms with E-state index in [-0.39, 0.29) is 5.60 Å². The zero-order chi connectivity index (χ0) is 14.0. The maximum atomic E-state index is 6.08. The van der Waals surface area contributed by atoms with E-state index in [9.17, 15) is 0 Å². The Bertz CT molecular complexity index is 318. The highest BCUT2D eigenvalue weighted by atomic mass is 16.6. The molecular formula is C16H30N2O2. The van der Waals surface area contributed by atoms with Gasteiger partial charge in [-0.2, -0.15) is 0 Å². The molecule has 4 unspecified atom stereocenters. The zero-order valence-corrected chi connectivity index (χ0v) is 13.1. The minimum Gasteiger partial charge on any atom is -0.378 e. The Kier molecular flexibility index (Phi) is 4.65. The molecule has 4 nitrogen and oxygen atoms in total. The molecule has 0 aromatic heterocycles. The second-order valence-electron chi connectivity index (χ2n) is 6.96. The number of hydrogen-bond donors (Lipinski definition) is 1. The van der Waals surface area contributed by atoms with E-state index < -0.39 is 0 Å². The topological polar surface area (TPSA) is 33.7 Å². The van der Waals surface area contributed by atoms with Crippen molar-refractivity contribution >= 4 is 0 Å². The maximum absolute atomic E-state index is 6.08. The van der Waals surface area contributed by atoms with Gasteiger partial charge in [-0.1, -0.05) is 0 Å². The average Bonchev–Trinajstić information content (AvgIpc) is 2.94. The molecule has 0 aromatic carbocycles. The first-order chi connectivity index (χ1) is 9.72. The van der Waals surface area contributed by atoms with Crippen molar-refractivity contribution < 1.29 is 9.47 Å². The fourth-order valence-electron chi connectivity index (χ4n) is 4.19. The number of piperidine rings is 1. The molecule has 3 heterocycles. The van der Waals surface area contributed by atoms with Crippen LogP contribution in [0.25, 0.3) is 0 Å². The summed E-state index contributed by atoms with van der Waals surface area (Å²) in [7, 11) is 2.09. The summed E-state index contributed by atoms with van der Waals surface area (Å²) in [6, 6.07) is 1.33. The lowest BCUT2D eigenvalue weighted by Gasteiger charge is -2.45. The minimum absolute atomic E-state index is 0.0461. The van der Waals surface area contributed by atoms with E-state index in [1.165, 1.54) is 38.8 Å². The lowest BCUT2D eigenvalue weighted by atomic mass is 9.85. The van der Waals surface area contributed by atoms with Gasteiger partial charge in [0, 0.05) is 38.3 Å². The molecule has 1 spiro atoms. The summed E-state index contributed by atoms with van der Waals surface area (Å²) in [6.45, 7) is 7.46. The van der Waals surface area contributed by atoms with Crippen molar-refractivity contribution in [1.82, 2.24) is 10.2 Å². The third-order valence-corrected chi connectivity index (χ3v) is 5.70. The van der Waals surface area contributed by atoms with Crippen LogP contribution in [0.3, 0.4) is 0 Å². The van der Waals surface area contributed by atoms with Gasteiger partial charge in [-0.25, -0.2) is 0 Å². The van der Waals surface area contributed by atoms with Gasteiger partial charge < -0.3 is 14.8 Å². The molecule has 0 radical (unpaired) electrons. The number of likely N-dealkylation sites (tertiary alicyclic amines) is 1. The summed E-state index contributed by atoms with van der Waals surface area (Å²) < 4.78 is 11.7. The first-order valence-electron chi connectivity index (χ1n) is 8.35. The molecule has 3 rings (SSSR count). The lowest BCUT2D eigenvalue weighted by molar-refractivity contribution is -0.110. The SMILES string of the molecule is CNC(C)C1CCCN(C2CCOC3(CCOC3)C2)C1. The maximum Gasteiger partial charge on any atom is 0.0951 e. The van der Waals surface area contributed by atoms with Crippen LogP contribution in [0.4, 0.5) is 0 Å². The van der Waals surface area contributed by atoms with E-state index >= 15 is 0 Å². The fourth-order valence-corrected chi connectivity index (χ4v) is 4.19. The Balaban J connectivity index is 1.60. The highest BCUT2D eigenvalue weighted by Gasteiger charge is 2.43. The van der Waals surface area contributed by atoms with Crippen LogP contribution in [0.2, 0.25) is 0 Å². The van der Waals surface area contributed by atoms with E-state index in [4.69, 9.17) is 9.47 Å². The summed E-state index contributed by atoms with van der Waals surface area (Å²) in [4.78, 5) is 2.74. The summed E-state index contributed by atoms with van der Waals surface area (Å²) in [6.07, 6.45) is 6.18. The molecule has 116 valence electrons. The average molecular weight is 282 g/mol. The summed E-state index contributed by atoms with van der Waals surface area (Å²) in [5.41, 5.74) is 0.0461. The van der Waals surface area contributed by atoms with Crippen LogP contribution in [0.15, 0.2) is 0 Å².